The summed E-state index contributed by atoms with van der Waals surface area (Å²) >= 11 is 0. The summed E-state index contributed by atoms with van der Waals surface area (Å²) in [6.07, 6.45) is 4.38. The zero-order chi connectivity index (χ0) is 22.1. The van der Waals surface area contributed by atoms with Gasteiger partial charge in [0.25, 0.3) is 5.91 Å². The molecule has 1 amide bonds. The predicted octanol–water partition coefficient (Wildman–Crippen LogP) is 6.23. The first-order chi connectivity index (χ1) is 14.8. The van der Waals surface area contributed by atoms with Crippen molar-refractivity contribution in [3.8, 4) is 5.75 Å². The molecule has 3 nitrogen and oxygen atoms in total. The van der Waals surface area contributed by atoms with Crippen LogP contribution in [0.3, 0.4) is 0 Å². The Morgan fingerprint density at radius 1 is 0.903 bits per heavy atom. The van der Waals surface area contributed by atoms with Gasteiger partial charge in [0.15, 0.2) is 0 Å². The molecule has 158 valence electrons. The Morgan fingerprint density at radius 3 is 2.23 bits per heavy atom. The highest BCUT2D eigenvalue weighted by Gasteiger charge is 2.47. The van der Waals surface area contributed by atoms with Crippen LogP contribution in [0.4, 0.5) is 5.69 Å². The van der Waals surface area contributed by atoms with E-state index >= 15 is 0 Å². The molecule has 0 bridgehead atoms. The van der Waals surface area contributed by atoms with Crippen LogP contribution in [0, 0.1) is 0 Å². The van der Waals surface area contributed by atoms with Crippen molar-refractivity contribution in [1.82, 2.24) is 0 Å². The Labute approximate surface area is 185 Å². The monoisotopic (exact) mass is 411 g/mol. The SMILES string of the molecule is COc1ccc(C=CC(=O)N2c3ccccc3C(C)(c3ccccc3)CC2(C)C)cc1. The zero-order valence-corrected chi connectivity index (χ0v) is 18.6. The molecule has 3 aromatic carbocycles. The number of hydrogen-bond donors (Lipinski definition) is 0. The number of anilines is 1. The molecule has 31 heavy (non-hydrogen) atoms. The maximum absolute atomic E-state index is 13.4. The number of ether oxygens (including phenoxy) is 1. The van der Waals surface area contributed by atoms with Crippen LogP contribution < -0.4 is 9.64 Å². The second kappa shape index (κ2) is 8.07. The smallest absolute Gasteiger partial charge is 0.251 e. The molecule has 3 aromatic rings. The van der Waals surface area contributed by atoms with Gasteiger partial charge in [-0.1, -0.05) is 67.6 Å². The van der Waals surface area contributed by atoms with E-state index in [1.165, 1.54) is 11.1 Å². The Kier molecular flexibility index (Phi) is 5.45. The van der Waals surface area contributed by atoms with Crippen LogP contribution >= 0.6 is 0 Å². The number of para-hydroxylation sites is 1. The lowest BCUT2D eigenvalue weighted by molar-refractivity contribution is -0.115. The number of hydrogen-bond acceptors (Lipinski definition) is 2. The average Bonchev–Trinajstić information content (AvgIpc) is 2.78. The highest BCUT2D eigenvalue weighted by Crippen LogP contribution is 2.50. The van der Waals surface area contributed by atoms with Gasteiger partial charge < -0.3 is 9.64 Å². The third kappa shape index (κ3) is 3.88. The van der Waals surface area contributed by atoms with E-state index in [1.807, 2.05) is 47.4 Å². The van der Waals surface area contributed by atoms with Gasteiger partial charge in [-0.2, -0.15) is 0 Å². The fourth-order valence-corrected chi connectivity index (χ4v) is 4.94. The minimum Gasteiger partial charge on any atom is -0.497 e. The number of benzene rings is 3. The molecule has 1 atom stereocenters. The van der Waals surface area contributed by atoms with E-state index in [9.17, 15) is 4.79 Å². The zero-order valence-electron chi connectivity index (χ0n) is 18.6. The lowest BCUT2D eigenvalue weighted by Gasteiger charge is -2.51. The topological polar surface area (TPSA) is 29.5 Å². The number of rotatable bonds is 4. The van der Waals surface area contributed by atoms with Crippen LogP contribution in [0.25, 0.3) is 6.08 Å². The van der Waals surface area contributed by atoms with Gasteiger partial charge in [-0.25, -0.2) is 0 Å². The fourth-order valence-electron chi connectivity index (χ4n) is 4.94. The van der Waals surface area contributed by atoms with Crippen LogP contribution in [0.2, 0.25) is 0 Å². The number of carbonyl (C=O) groups is 1. The van der Waals surface area contributed by atoms with Gasteiger partial charge in [0.2, 0.25) is 0 Å². The minimum absolute atomic E-state index is 0.0108. The summed E-state index contributed by atoms with van der Waals surface area (Å²) in [5.41, 5.74) is 3.89. The normalized spacial score (nSPS) is 19.8. The first-order valence-corrected chi connectivity index (χ1v) is 10.7. The van der Waals surface area contributed by atoms with Gasteiger partial charge in [-0.05, 0) is 61.2 Å². The van der Waals surface area contributed by atoms with Gasteiger partial charge in [0.05, 0.1) is 7.11 Å². The van der Waals surface area contributed by atoms with E-state index in [4.69, 9.17) is 4.74 Å². The van der Waals surface area contributed by atoms with E-state index in [1.54, 1.807) is 13.2 Å². The third-order valence-corrected chi connectivity index (χ3v) is 6.30. The van der Waals surface area contributed by atoms with E-state index in [2.05, 4.69) is 63.2 Å². The largest absolute Gasteiger partial charge is 0.497 e. The third-order valence-electron chi connectivity index (χ3n) is 6.30. The lowest BCUT2D eigenvalue weighted by Crippen LogP contribution is -2.55. The molecule has 1 aliphatic heterocycles. The number of carbonyl (C=O) groups excluding carboxylic acids is 1. The quantitative estimate of drug-likeness (QED) is 0.476. The van der Waals surface area contributed by atoms with Crippen molar-refractivity contribution >= 4 is 17.7 Å². The van der Waals surface area contributed by atoms with Gasteiger partial charge >= 0.3 is 0 Å². The van der Waals surface area contributed by atoms with E-state index < -0.39 is 0 Å². The molecular weight excluding hydrogens is 382 g/mol. The van der Waals surface area contributed by atoms with Crippen LogP contribution in [-0.2, 0) is 10.2 Å². The molecule has 0 saturated carbocycles. The maximum atomic E-state index is 13.4. The highest BCUT2D eigenvalue weighted by molar-refractivity contribution is 6.06. The van der Waals surface area contributed by atoms with Crippen LogP contribution in [-0.4, -0.2) is 18.6 Å². The van der Waals surface area contributed by atoms with Crippen molar-refractivity contribution in [2.45, 2.75) is 38.1 Å². The van der Waals surface area contributed by atoms with E-state index in [-0.39, 0.29) is 16.9 Å². The van der Waals surface area contributed by atoms with Crippen molar-refractivity contribution in [2.24, 2.45) is 0 Å². The summed E-state index contributed by atoms with van der Waals surface area (Å²) in [5.74, 6) is 0.790. The minimum atomic E-state index is -0.347. The Hall–Kier alpha value is -3.33. The van der Waals surface area contributed by atoms with Crippen LogP contribution in [0.5, 0.6) is 5.75 Å². The van der Waals surface area contributed by atoms with Crippen molar-refractivity contribution in [2.75, 3.05) is 12.0 Å². The average molecular weight is 412 g/mol. The summed E-state index contributed by atoms with van der Waals surface area (Å²) < 4.78 is 5.21. The molecule has 0 saturated heterocycles. The van der Waals surface area contributed by atoms with Gasteiger partial charge in [0.1, 0.15) is 5.75 Å². The van der Waals surface area contributed by atoms with Crippen molar-refractivity contribution in [3.63, 3.8) is 0 Å². The number of methoxy groups -OCH3 is 1. The molecule has 4 rings (SSSR count). The highest BCUT2D eigenvalue weighted by atomic mass is 16.5. The molecule has 0 spiro atoms. The lowest BCUT2D eigenvalue weighted by atomic mass is 9.65. The molecule has 3 heteroatoms. The number of nitrogens with zero attached hydrogens (tertiary/aromatic N) is 1. The van der Waals surface area contributed by atoms with Gasteiger partial charge in [-0.3, -0.25) is 4.79 Å². The molecule has 1 unspecified atom stereocenters. The van der Waals surface area contributed by atoms with Gasteiger partial charge in [0, 0.05) is 22.7 Å². The fraction of sp³-hybridized carbons (Fsp3) is 0.250. The second-order valence-corrected chi connectivity index (χ2v) is 8.98. The summed E-state index contributed by atoms with van der Waals surface area (Å²) in [6.45, 7) is 6.60. The summed E-state index contributed by atoms with van der Waals surface area (Å²) in [5, 5.41) is 0. The first kappa shape index (κ1) is 20.9. The van der Waals surface area contributed by atoms with Crippen molar-refractivity contribution < 1.29 is 9.53 Å². The maximum Gasteiger partial charge on any atom is 0.251 e. The van der Waals surface area contributed by atoms with E-state index in [0.29, 0.717) is 0 Å². The predicted molar refractivity (Wildman–Crippen MR) is 128 cm³/mol. The standard InChI is InChI=1S/C28H29NO2/c1-27(2)20-28(3,22-10-6-5-7-11-22)24-12-8-9-13-25(24)29(27)26(30)19-16-21-14-17-23(31-4)18-15-21/h5-19H,20H2,1-4H3. The molecule has 0 radical (unpaired) electrons. The molecule has 0 aliphatic carbocycles. The van der Waals surface area contributed by atoms with Crippen molar-refractivity contribution in [1.29, 1.82) is 0 Å². The molecule has 0 N–H and O–H groups in total. The summed E-state index contributed by atoms with van der Waals surface area (Å²) in [6, 6.07) is 26.6. The number of fused-ring (bicyclic) bond motifs is 1. The summed E-state index contributed by atoms with van der Waals surface area (Å²) in [7, 11) is 1.65. The van der Waals surface area contributed by atoms with Crippen LogP contribution in [0.15, 0.2) is 84.9 Å². The molecule has 0 fully saturated rings. The Morgan fingerprint density at radius 2 is 1.55 bits per heavy atom. The van der Waals surface area contributed by atoms with Gasteiger partial charge in [-0.15, -0.1) is 0 Å². The first-order valence-electron chi connectivity index (χ1n) is 10.7. The van der Waals surface area contributed by atoms with Crippen molar-refractivity contribution in [3.05, 3.63) is 102 Å². The molecule has 0 aromatic heterocycles. The van der Waals surface area contributed by atoms with E-state index in [0.717, 1.165) is 23.4 Å². The Bertz CT molecular complexity index is 1100. The molecular formula is C28H29NO2. The Balaban J connectivity index is 1.72. The molecule has 1 heterocycles. The summed E-state index contributed by atoms with van der Waals surface area (Å²) in [4.78, 5) is 15.4. The number of amides is 1. The second-order valence-electron chi connectivity index (χ2n) is 8.98. The molecule has 1 aliphatic rings. The van der Waals surface area contributed by atoms with Crippen LogP contribution in [0.1, 0.15) is 43.9 Å².